The molecule has 1 aliphatic heterocycles. The number of halogens is 3. The van der Waals surface area contributed by atoms with Gasteiger partial charge in [-0.2, -0.15) is 13.2 Å². The number of carbonyl (C=O) groups is 1. The first-order chi connectivity index (χ1) is 11.8. The maximum absolute atomic E-state index is 13.1. The SMILES string of the molecule is Cc1ccc(C(=O)NC2CCN(c3ncccc3C(F)(F)F)CC2)s1. The number of carbonyl (C=O) groups excluding carboxylic acids is 1. The number of hydrogen-bond donors (Lipinski definition) is 1. The Kier molecular flexibility index (Phi) is 4.99. The van der Waals surface area contributed by atoms with Crippen molar-refractivity contribution in [2.24, 2.45) is 0 Å². The van der Waals surface area contributed by atoms with Crippen LogP contribution in [0, 0.1) is 6.92 Å². The summed E-state index contributed by atoms with van der Waals surface area (Å²) < 4.78 is 39.4. The minimum absolute atomic E-state index is 0.0336. The van der Waals surface area contributed by atoms with Crippen molar-refractivity contribution in [2.75, 3.05) is 18.0 Å². The molecule has 1 N–H and O–H groups in total. The van der Waals surface area contributed by atoms with Gasteiger partial charge in [-0.15, -0.1) is 11.3 Å². The first-order valence-electron chi connectivity index (χ1n) is 7.99. The highest BCUT2D eigenvalue weighted by molar-refractivity contribution is 7.13. The molecule has 2 aromatic heterocycles. The monoisotopic (exact) mass is 369 g/mol. The number of aromatic nitrogens is 1. The van der Waals surface area contributed by atoms with Gasteiger partial charge in [0, 0.05) is 30.2 Å². The molecule has 0 atom stereocenters. The van der Waals surface area contributed by atoms with E-state index in [1.807, 2.05) is 13.0 Å². The number of hydrogen-bond acceptors (Lipinski definition) is 4. The summed E-state index contributed by atoms with van der Waals surface area (Å²) in [4.78, 5) is 19.5. The van der Waals surface area contributed by atoms with Crippen LogP contribution in [0.1, 0.15) is 33.0 Å². The summed E-state index contributed by atoms with van der Waals surface area (Å²) in [7, 11) is 0. The van der Waals surface area contributed by atoms with E-state index in [9.17, 15) is 18.0 Å². The number of piperidine rings is 1. The number of pyridine rings is 1. The van der Waals surface area contributed by atoms with Gasteiger partial charge in [0.05, 0.1) is 10.4 Å². The number of thiophene rings is 1. The lowest BCUT2D eigenvalue weighted by Gasteiger charge is -2.34. The van der Waals surface area contributed by atoms with Gasteiger partial charge in [-0.25, -0.2) is 4.98 Å². The minimum atomic E-state index is -4.42. The van der Waals surface area contributed by atoms with Crippen LogP contribution in [0.15, 0.2) is 30.5 Å². The van der Waals surface area contributed by atoms with Crippen molar-refractivity contribution in [1.82, 2.24) is 10.3 Å². The Labute approximate surface area is 147 Å². The second-order valence-electron chi connectivity index (χ2n) is 6.02. The minimum Gasteiger partial charge on any atom is -0.356 e. The molecule has 4 nitrogen and oxygen atoms in total. The highest BCUT2D eigenvalue weighted by atomic mass is 32.1. The largest absolute Gasteiger partial charge is 0.419 e. The molecule has 0 spiro atoms. The van der Waals surface area contributed by atoms with Crippen LogP contribution in [-0.4, -0.2) is 30.0 Å². The standard InChI is InChI=1S/C17H18F3N3OS/c1-11-4-5-14(25-11)16(24)22-12-6-9-23(10-7-12)15-13(17(18,19)20)3-2-8-21-15/h2-5,8,12H,6-7,9-10H2,1H3,(H,22,24). The van der Waals surface area contributed by atoms with Gasteiger partial charge in [0.1, 0.15) is 5.82 Å². The Morgan fingerprint density at radius 3 is 2.60 bits per heavy atom. The van der Waals surface area contributed by atoms with Crippen LogP contribution >= 0.6 is 11.3 Å². The summed E-state index contributed by atoms with van der Waals surface area (Å²) in [5.74, 6) is -0.154. The maximum Gasteiger partial charge on any atom is 0.419 e. The summed E-state index contributed by atoms with van der Waals surface area (Å²) in [5, 5.41) is 2.97. The maximum atomic E-state index is 13.1. The van der Waals surface area contributed by atoms with E-state index in [-0.39, 0.29) is 17.8 Å². The van der Waals surface area contributed by atoms with Gasteiger partial charge in [-0.05, 0) is 44.0 Å². The summed E-state index contributed by atoms with van der Waals surface area (Å²) in [6, 6.07) is 5.98. The van der Waals surface area contributed by atoms with Crippen LogP contribution < -0.4 is 10.2 Å². The Bertz CT molecular complexity index is 752. The zero-order valence-corrected chi connectivity index (χ0v) is 14.5. The second kappa shape index (κ2) is 7.03. The highest BCUT2D eigenvalue weighted by Crippen LogP contribution is 2.35. The van der Waals surface area contributed by atoms with Crippen LogP contribution in [0.5, 0.6) is 0 Å². The third-order valence-corrected chi connectivity index (χ3v) is 5.19. The topological polar surface area (TPSA) is 45.2 Å². The van der Waals surface area contributed by atoms with Gasteiger partial charge >= 0.3 is 6.18 Å². The highest BCUT2D eigenvalue weighted by Gasteiger charge is 2.36. The molecule has 1 saturated heterocycles. The quantitative estimate of drug-likeness (QED) is 0.893. The van der Waals surface area contributed by atoms with Crippen LogP contribution in [0.3, 0.4) is 0 Å². The molecule has 1 fully saturated rings. The predicted molar refractivity (Wildman–Crippen MR) is 91.0 cm³/mol. The summed E-state index contributed by atoms with van der Waals surface area (Å²) >= 11 is 1.43. The molecule has 3 rings (SSSR count). The molecule has 2 aromatic rings. The van der Waals surface area contributed by atoms with Gasteiger partial charge in [0.25, 0.3) is 5.91 Å². The second-order valence-corrected chi connectivity index (χ2v) is 7.31. The summed E-state index contributed by atoms with van der Waals surface area (Å²) in [6.07, 6.45) is -1.88. The van der Waals surface area contributed by atoms with E-state index in [1.165, 1.54) is 23.6 Å². The van der Waals surface area contributed by atoms with E-state index in [0.29, 0.717) is 30.8 Å². The van der Waals surface area contributed by atoms with E-state index < -0.39 is 11.7 Å². The molecule has 0 saturated carbocycles. The Morgan fingerprint density at radius 1 is 1.28 bits per heavy atom. The Balaban J connectivity index is 1.62. The lowest BCUT2D eigenvalue weighted by atomic mass is 10.0. The zero-order valence-electron chi connectivity index (χ0n) is 13.6. The molecule has 0 aromatic carbocycles. The molecule has 134 valence electrons. The summed E-state index contributed by atoms with van der Waals surface area (Å²) in [5.41, 5.74) is -0.716. The molecule has 0 bridgehead atoms. The molecule has 25 heavy (non-hydrogen) atoms. The van der Waals surface area contributed by atoms with Crippen LogP contribution in [0.2, 0.25) is 0 Å². The molecular weight excluding hydrogens is 351 g/mol. The smallest absolute Gasteiger partial charge is 0.356 e. The van der Waals surface area contributed by atoms with Crippen LogP contribution in [0.4, 0.5) is 19.0 Å². The van der Waals surface area contributed by atoms with Gasteiger partial charge in [-0.1, -0.05) is 0 Å². The predicted octanol–water partition coefficient (Wildman–Crippen LogP) is 3.87. The lowest BCUT2D eigenvalue weighted by Crippen LogP contribution is -2.45. The van der Waals surface area contributed by atoms with Crippen molar-refractivity contribution in [3.05, 3.63) is 45.8 Å². The third kappa shape index (κ3) is 4.12. The molecule has 0 aliphatic carbocycles. The van der Waals surface area contributed by atoms with E-state index >= 15 is 0 Å². The van der Waals surface area contributed by atoms with Gasteiger partial charge in [-0.3, -0.25) is 4.79 Å². The zero-order chi connectivity index (χ0) is 18.0. The van der Waals surface area contributed by atoms with Crippen molar-refractivity contribution in [1.29, 1.82) is 0 Å². The number of anilines is 1. The first kappa shape index (κ1) is 17.7. The number of nitrogens with one attached hydrogen (secondary N) is 1. The van der Waals surface area contributed by atoms with Crippen molar-refractivity contribution in [3.63, 3.8) is 0 Å². The fraction of sp³-hybridized carbons (Fsp3) is 0.412. The molecule has 0 unspecified atom stereocenters. The number of alkyl halides is 3. The lowest BCUT2D eigenvalue weighted by molar-refractivity contribution is -0.137. The van der Waals surface area contributed by atoms with E-state index in [2.05, 4.69) is 10.3 Å². The van der Waals surface area contributed by atoms with Crippen molar-refractivity contribution < 1.29 is 18.0 Å². The van der Waals surface area contributed by atoms with Gasteiger partial charge in [0.15, 0.2) is 0 Å². The van der Waals surface area contributed by atoms with E-state index in [0.717, 1.165) is 10.9 Å². The van der Waals surface area contributed by atoms with Gasteiger partial charge in [0.2, 0.25) is 0 Å². The molecule has 8 heteroatoms. The van der Waals surface area contributed by atoms with E-state index in [4.69, 9.17) is 0 Å². The van der Waals surface area contributed by atoms with Crippen molar-refractivity contribution in [2.45, 2.75) is 32.0 Å². The molecule has 1 aliphatic rings. The van der Waals surface area contributed by atoms with Crippen molar-refractivity contribution in [3.8, 4) is 0 Å². The number of nitrogens with zero attached hydrogens (tertiary/aromatic N) is 2. The van der Waals surface area contributed by atoms with Crippen LogP contribution in [-0.2, 0) is 6.18 Å². The fourth-order valence-electron chi connectivity index (χ4n) is 2.92. The fourth-order valence-corrected chi connectivity index (χ4v) is 3.69. The van der Waals surface area contributed by atoms with Crippen LogP contribution in [0.25, 0.3) is 0 Å². The average molecular weight is 369 g/mol. The summed E-state index contributed by atoms with van der Waals surface area (Å²) in [6.45, 7) is 2.79. The number of amides is 1. The molecule has 3 heterocycles. The Hall–Kier alpha value is -2.09. The molecular formula is C17H18F3N3OS. The van der Waals surface area contributed by atoms with E-state index in [1.54, 1.807) is 11.0 Å². The first-order valence-corrected chi connectivity index (χ1v) is 8.80. The molecule has 1 amide bonds. The van der Waals surface area contributed by atoms with Gasteiger partial charge < -0.3 is 10.2 Å². The average Bonchev–Trinajstić information content (AvgIpc) is 3.01. The molecule has 0 radical (unpaired) electrons. The third-order valence-electron chi connectivity index (χ3n) is 4.19. The normalized spacial score (nSPS) is 16.1. The Morgan fingerprint density at radius 2 is 2.00 bits per heavy atom. The van der Waals surface area contributed by atoms with Crippen molar-refractivity contribution >= 4 is 23.1 Å². The number of rotatable bonds is 3. The number of aryl methyl sites for hydroxylation is 1.